The molecule has 0 spiro atoms. The second-order valence-electron chi connectivity index (χ2n) is 5.76. The molecule has 0 bridgehead atoms. The number of rotatable bonds is 3. The lowest BCUT2D eigenvalue weighted by molar-refractivity contribution is -0.154. The highest BCUT2D eigenvalue weighted by Crippen LogP contribution is 2.25. The molecule has 2 aliphatic rings. The van der Waals surface area contributed by atoms with Crippen molar-refractivity contribution in [3.63, 3.8) is 0 Å². The molecule has 2 aliphatic heterocycles. The molecule has 0 unspecified atom stereocenters. The van der Waals surface area contributed by atoms with Crippen LogP contribution < -0.4 is 4.90 Å². The van der Waals surface area contributed by atoms with Crippen LogP contribution in [0.25, 0.3) is 0 Å². The Hall–Kier alpha value is -2.48. The Morgan fingerprint density at radius 1 is 1.29 bits per heavy atom. The van der Waals surface area contributed by atoms with E-state index in [4.69, 9.17) is 9.84 Å². The molecule has 0 aromatic heterocycles. The van der Waals surface area contributed by atoms with Gasteiger partial charge in [0.2, 0.25) is 5.91 Å². The van der Waals surface area contributed by atoms with Crippen molar-refractivity contribution in [1.82, 2.24) is 4.90 Å². The number of hydrogen-bond acceptors (Lipinski definition) is 4. The lowest BCUT2D eigenvalue weighted by atomic mass is 10.1. The Balaban J connectivity index is 1.84. The molecule has 7 nitrogen and oxygen atoms in total. The van der Waals surface area contributed by atoms with Crippen LogP contribution in [0, 0.1) is 5.82 Å². The van der Waals surface area contributed by atoms with Gasteiger partial charge in [0.1, 0.15) is 5.82 Å². The van der Waals surface area contributed by atoms with E-state index in [0.717, 1.165) is 12.5 Å². The zero-order valence-electron chi connectivity index (χ0n) is 12.9. The summed E-state index contributed by atoms with van der Waals surface area (Å²) in [5.41, 5.74) is 0.309. The molecular formula is C16H17FN2O5. The fourth-order valence-corrected chi connectivity index (χ4v) is 2.92. The highest BCUT2D eigenvalue weighted by molar-refractivity contribution is 5.99. The van der Waals surface area contributed by atoms with Gasteiger partial charge in [-0.1, -0.05) is 0 Å². The summed E-state index contributed by atoms with van der Waals surface area (Å²) in [6.07, 6.45) is 0.0438. The largest absolute Gasteiger partial charge is 0.479 e. The molecule has 2 fully saturated rings. The van der Waals surface area contributed by atoms with Gasteiger partial charge in [0.25, 0.3) is 5.91 Å². The maximum atomic E-state index is 14.1. The van der Waals surface area contributed by atoms with Crippen molar-refractivity contribution in [2.24, 2.45) is 0 Å². The minimum Gasteiger partial charge on any atom is -0.479 e. The summed E-state index contributed by atoms with van der Waals surface area (Å²) in [6.45, 7) is 0.667. The Morgan fingerprint density at radius 3 is 2.75 bits per heavy atom. The number of halogens is 1. The third-order valence-electron chi connectivity index (χ3n) is 4.19. The number of carboxylic acid groups (broad SMARTS) is 1. The normalized spacial score (nSPS) is 21.2. The number of carbonyl (C=O) groups excluding carboxylic acids is 2. The Morgan fingerprint density at radius 2 is 2.08 bits per heavy atom. The van der Waals surface area contributed by atoms with Crippen molar-refractivity contribution in [3.8, 4) is 0 Å². The smallest absolute Gasteiger partial charge is 0.334 e. The van der Waals surface area contributed by atoms with Gasteiger partial charge in [0.05, 0.1) is 18.7 Å². The SMILES string of the molecule is O=C(O)[C@H]1CN(C(=O)c2cc(N3CCCC3=O)ccc2F)CCO1. The molecule has 128 valence electrons. The number of amides is 2. The van der Waals surface area contributed by atoms with Gasteiger partial charge in [-0.2, -0.15) is 0 Å². The van der Waals surface area contributed by atoms with Crippen LogP contribution in [0.3, 0.4) is 0 Å². The molecule has 0 radical (unpaired) electrons. The average molecular weight is 336 g/mol. The summed E-state index contributed by atoms with van der Waals surface area (Å²) < 4.78 is 19.2. The van der Waals surface area contributed by atoms with Crippen molar-refractivity contribution in [2.75, 3.05) is 31.1 Å². The minimum atomic E-state index is -1.16. The Bertz CT molecular complexity index is 693. The topological polar surface area (TPSA) is 87.2 Å². The lowest BCUT2D eigenvalue weighted by Crippen LogP contribution is -2.48. The van der Waals surface area contributed by atoms with E-state index in [-0.39, 0.29) is 31.2 Å². The monoisotopic (exact) mass is 336 g/mol. The van der Waals surface area contributed by atoms with Crippen LogP contribution in [0.15, 0.2) is 18.2 Å². The number of nitrogens with zero attached hydrogens (tertiary/aromatic N) is 2. The van der Waals surface area contributed by atoms with Crippen LogP contribution >= 0.6 is 0 Å². The quantitative estimate of drug-likeness (QED) is 0.885. The number of aliphatic carboxylic acids is 1. The van der Waals surface area contributed by atoms with Crippen molar-refractivity contribution in [3.05, 3.63) is 29.6 Å². The van der Waals surface area contributed by atoms with Crippen molar-refractivity contribution >= 4 is 23.5 Å². The first-order chi connectivity index (χ1) is 11.5. The highest BCUT2D eigenvalue weighted by Gasteiger charge is 2.31. The van der Waals surface area contributed by atoms with Crippen LogP contribution in [0.4, 0.5) is 10.1 Å². The summed E-state index contributed by atoms with van der Waals surface area (Å²) in [4.78, 5) is 38.2. The maximum absolute atomic E-state index is 14.1. The van der Waals surface area contributed by atoms with Gasteiger partial charge >= 0.3 is 5.97 Å². The van der Waals surface area contributed by atoms with Crippen molar-refractivity contribution in [2.45, 2.75) is 18.9 Å². The second kappa shape index (κ2) is 6.56. The van der Waals surface area contributed by atoms with Crippen LogP contribution in [0.1, 0.15) is 23.2 Å². The van der Waals surface area contributed by atoms with Gasteiger partial charge in [0.15, 0.2) is 6.10 Å². The first-order valence-electron chi connectivity index (χ1n) is 7.71. The van der Waals surface area contributed by atoms with Crippen LogP contribution in [-0.2, 0) is 14.3 Å². The van der Waals surface area contributed by atoms with E-state index in [1.807, 2.05) is 0 Å². The predicted molar refractivity (Wildman–Crippen MR) is 81.3 cm³/mol. The lowest BCUT2D eigenvalue weighted by Gasteiger charge is -2.31. The van der Waals surface area contributed by atoms with E-state index in [9.17, 15) is 18.8 Å². The van der Waals surface area contributed by atoms with Crippen LogP contribution in [0.2, 0.25) is 0 Å². The van der Waals surface area contributed by atoms with Gasteiger partial charge in [-0.3, -0.25) is 9.59 Å². The zero-order chi connectivity index (χ0) is 17.3. The number of morpholine rings is 1. The van der Waals surface area contributed by atoms with Crippen LogP contribution in [0.5, 0.6) is 0 Å². The Labute approximate surface area is 137 Å². The molecule has 24 heavy (non-hydrogen) atoms. The number of hydrogen-bond donors (Lipinski definition) is 1. The molecule has 2 saturated heterocycles. The molecule has 0 aliphatic carbocycles. The second-order valence-corrected chi connectivity index (χ2v) is 5.76. The first-order valence-corrected chi connectivity index (χ1v) is 7.71. The van der Waals surface area contributed by atoms with Gasteiger partial charge in [-0.05, 0) is 24.6 Å². The van der Waals surface area contributed by atoms with Crippen molar-refractivity contribution in [1.29, 1.82) is 0 Å². The first kappa shape index (κ1) is 16.4. The van der Waals surface area contributed by atoms with E-state index < -0.39 is 23.8 Å². The summed E-state index contributed by atoms with van der Waals surface area (Å²) in [5.74, 6) is -2.52. The predicted octanol–water partition coefficient (Wildman–Crippen LogP) is 0.878. The maximum Gasteiger partial charge on any atom is 0.334 e. The van der Waals surface area contributed by atoms with Gasteiger partial charge in [0, 0.05) is 25.2 Å². The van der Waals surface area contributed by atoms with Gasteiger partial charge < -0.3 is 19.6 Å². The number of benzene rings is 1. The molecule has 1 N–H and O–H groups in total. The molecule has 0 saturated carbocycles. The average Bonchev–Trinajstić information content (AvgIpc) is 3.01. The summed E-state index contributed by atoms with van der Waals surface area (Å²) in [7, 11) is 0. The molecule has 8 heteroatoms. The molecule has 3 rings (SSSR count). The molecule has 2 amide bonds. The molecule has 1 aromatic carbocycles. The Kier molecular flexibility index (Phi) is 4.48. The van der Waals surface area contributed by atoms with Crippen molar-refractivity contribution < 1.29 is 28.6 Å². The summed E-state index contributed by atoms with van der Waals surface area (Å²) in [6, 6.07) is 3.98. The summed E-state index contributed by atoms with van der Waals surface area (Å²) in [5, 5.41) is 9.00. The van der Waals surface area contributed by atoms with Crippen LogP contribution in [-0.4, -0.2) is 60.1 Å². The standard InChI is InChI=1S/C16H17FN2O5/c17-12-4-3-10(19-5-1-2-14(19)20)8-11(12)15(21)18-6-7-24-13(9-18)16(22)23/h3-4,8,13H,1-2,5-7,9H2,(H,22,23)/t13-/m1/s1. The van der Waals surface area contributed by atoms with Gasteiger partial charge in [-0.25, -0.2) is 9.18 Å². The molecule has 1 aromatic rings. The minimum absolute atomic E-state index is 0.0580. The van der Waals surface area contributed by atoms with E-state index in [0.29, 0.717) is 18.7 Å². The number of ether oxygens (including phenoxy) is 1. The highest BCUT2D eigenvalue weighted by atomic mass is 19.1. The summed E-state index contributed by atoms with van der Waals surface area (Å²) >= 11 is 0. The third-order valence-corrected chi connectivity index (χ3v) is 4.19. The van der Waals surface area contributed by atoms with E-state index in [1.54, 1.807) is 0 Å². The molecular weight excluding hydrogens is 319 g/mol. The third kappa shape index (κ3) is 3.09. The molecule has 1 atom stereocenters. The van der Waals surface area contributed by atoms with E-state index >= 15 is 0 Å². The number of carbonyl (C=O) groups is 3. The van der Waals surface area contributed by atoms with Gasteiger partial charge in [-0.15, -0.1) is 0 Å². The number of anilines is 1. The zero-order valence-corrected chi connectivity index (χ0v) is 12.9. The fourth-order valence-electron chi connectivity index (χ4n) is 2.92. The van der Waals surface area contributed by atoms with E-state index in [1.165, 1.54) is 21.9 Å². The van der Waals surface area contributed by atoms with E-state index in [2.05, 4.69) is 0 Å². The fraction of sp³-hybridized carbons (Fsp3) is 0.438. The number of carboxylic acids is 1. The molecule has 2 heterocycles.